The van der Waals surface area contributed by atoms with E-state index in [4.69, 9.17) is 5.11 Å². The highest BCUT2D eigenvalue weighted by Gasteiger charge is 2.25. The number of hydrogen-bond acceptors (Lipinski definition) is 2. The van der Waals surface area contributed by atoms with E-state index in [1.807, 2.05) is 49.7 Å². The molecule has 1 aromatic heterocycles. The van der Waals surface area contributed by atoms with Gasteiger partial charge in [-0.05, 0) is 19.4 Å². The van der Waals surface area contributed by atoms with E-state index in [9.17, 15) is 9.59 Å². The van der Waals surface area contributed by atoms with E-state index < -0.39 is 5.97 Å². The first-order chi connectivity index (χ1) is 9.95. The third-order valence-electron chi connectivity index (χ3n) is 3.82. The summed E-state index contributed by atoms with van der Waals surface area (Å²) in [5.41, 5.74) is 1.51. The molecule has 0 aliphatic carbocycles. The van der Waals surface area contributed by atoms with Crippen LogP contribution >= 0.6 is 0 Å². The molecule has 1 N–H and O–H groups in total. The highest BCUT2D eigenvalue weighted by atomic mass is 16.4. The molecule has 1 heterocycles. The topological polar surface area (TPSA) is 62.5 Å². The average molecular weight is 288 g/mol. The zero-order valence-electron chi connectivity index (χ0n) is 12.5. The predicted octanol–water partition coefficient (Wildman–Crippen LogP) is 2.50. The SMILES string of the molecule is CCC(C)N(CC(=O)O)C(=O)c1cn(C)c2ccccc12. The minimum atomic E-state index is -0.996. The number of carbonyl (C=O) groups is 2. The van der Waals surface area contributed by atoms with Crippen LogP contribution in [0.15, 0.2) is 30.5 Å². The lowest BCUT2D eigenvalue weighted by Gasteiger charge is -2.26. The number of aliphatic carboxylic acids is 1. The maximum atomic E-state index is 12.8. The third kappa shape index (κ3) is 2.91. The third-order valence-corrected chi connectivity index (χ3v) is 3.82. The Hall–Kier alpha value is -2.30. The Labute approximate surface area is 123 Å². The van der Waals surface area contributed by atoms with Crippen LogP contribution in [0, 0.1) is 0 Å². The van der Waals surface area contributed by atoms with Gasteiger partial charge in [0.05, 0.1) is 5.56 Å². The monoisotopic (exact) mass is 288 g/mol. The van der Waals surface area contributed by atoms with Crippen LogP contribution in [0.3, 0.4) is 0 Å². The lowest BCUT2D eigenvalue weighted by molar-refractivity contribution is -0.138. The van der Waals surface area contributed by atoms with Crippen molar-refractivity contribution in [3.8, 4) is 0 Å². The van der Waals surface area contributed by atoms with Crippen molar-refractivity contribution < 1.29 is 14.7 Å². The zero-order valence-corrected chi connectivity index (χ0v) is 12.5. The Bertz CT molecular complexity index is 675. The molecule has 2 rings (SSSR count). The number of nitrogens with zero attached hydrogens (tertiary/aromatic N) is 2. The molecule has 1 atom stereocenters. The van der Waals surface area contributed by atoms with Gasteiger partial charge in [-0.2, -0.15) is 0 Å². The summed E-state index contributed by atoms with van der Waals surface area (Å²) >= 11 is 0. The number of para-hydroxylation sites is 1. The van der Waals surface area contributed by atoms with Crippen molar-refractivity contribution >= 4 is 22.8 Å². The van der Waals surface area contributed by atoms with Crippen molar-refractivity contribution in [3.05, 3.63) is 36.0 Å². The van der Waals surface area contributed by atoms with Gasteiger partial charge in [-0.1, -0.05) is 25.1 Å². The second-order valence-electron chi connectivity index (χ2n) is 5.25. The first-order valence-corrected chi connectivity index (χ1v) is 7.02. The number of benzene rings is 1. The van der Waals surface area contributed by atoms with Gasteiger partial charge in [0.15, 0.2) is 0 Å². The molecule has 5 nitrogen and oxygen atoms in total. The van der Waals surface area contributed by atoms with E-state index in [-0.39, 0.29) is 18.5 Å². The maximum Gasteiger partial charge on any atom is 0.323 e. The van der Waals surface area contributed by atoms with Crippen LogP contribution in [0.1, 0.15) is 30.6 Å². The standard InChI is InChI=1S/C16H20N2O3/c1-4-11(2)18(10-15(19)20)16(21)13-9-17(3)14-8-6-5-7-12(13)14/h5-9,11H,4,10H2,1-3H3,(H,19,20). The molecule has 2 aromatic rings. The molecule has 1 aromatic carbocycles. The quantitative estimate of drug-likeness (QED) is 0.919. The van der Waals surface area contributed by atoms with Crippen LogP contribution in [0.25, 0.3) is 10.9 Å². The van der Waals surface area contributed by atoms with E-state index >= 15 is 0 Å². The molecule has 0 radical (unpaired) electrons. The smallest absolute Gasteiger partial charge is 0.323 e. The zero-order chi connectivity index (χ0) is 15.6. The van der Waals surface area contributed by atoms with Crippen LogP contribution in [0.4, 0.5) is 0 Å². The molecule has 5 heteroatoms. The van der Waals surface area contributed by atoms with Crippen molar-refractivity contribution in [1.29, 1.82) is 0 Å². The lowest BCUT2D eigenvalue weighted by Crippen LogP contribution is -2.41. The Kier molecular flexibility index (Phi) is 4.31. The second kappa shape index (κ2) is 5.99. The Morgan fingerprint density at radius 1 is 1.33 bits per heavy atom. The summed E-state index contributed by atoms with van der Waals surface area (Å²) in [6.07, 6.45) is 2.48. The number of carboxylic acids is 1. The molecule has 112 valence electrons. The van der Waals surface area contributed by atoms with Gasteiger partial charge < -0.3 is 14.6 Å². The number of amides is 1. The Morgan fingerprint density at radius 3 is 2.62 bits per heavy atom. The summed E-state index contributed by atoms with van der Waals surface area (Å²) in [6.45, 7) is 3.53. The van der Waals surface area contributed by atoms with Gasteiger partial charge in [0.25, 0.3) is 5.91 Å². The van der Waals surface area contributed by atoms with Crippen LogP contribution < -0.4 is 0 Å². The molecule has 0 bridgehead atoms. The molecular weight excluding hydrogens is 268 g/mol. The van der Waals surface area contributed by atoms with Gasteiger partial charge in [-0.25, -0.2) is 0 Å². The van der Waals surface area contributed by atoms with Gasteiger partial charge in [0.1, 0.15) is 6.54 Å². The van der Waals surface area contributed by atoms with Crippen molar-refractivity contribution in [2.45, 2.75) is 26.3 Å². The van der Waals surface area contributed by atoms with Crippen LogP contribution in [0.5, 0.6) is 0 Å². The highest BCUT2D eigenvalue weighted by molar-refractivity contribution is 6.07. The fourth-order valence-electron chi connectivity index (χ4n) is 2.46. The fourth-order valence-corrected chi connectivity index (χ4v) is 2.46. The number of fused-ring (bicyclic) bond motifs is 1. The summed E-state index contributed by atoms with van der Waals surface area (Å²) in [6, 6.07) is 7.51. The summed E-state index contributed by atoms with van der Waals surface area (Å²) in [4.78, 5) is 25.2. The molecule has 0 saturated heterocycles. The van der Waals surface area contributed by atoms with Gasteiger partial charge in [0.2, 0.25) is 0 Å². The molecule has 0 aliphatic rings. The van der Waals surface area contributed by atoms with Gasteiger partial charge >= 0.3 is 5.97 Å². The average Bonchev–Trinajstić information content (AvgIpc) is 2.81. The van der Waals surface area contributed by atoms with Gasteiger partial charge in [0, 0.05) is 30.2 Å². The number of carboxylic acid groups (broad SMARTS) is 1. The Morgan fingerprint density at radius 2 is 2.00 bits per heavy atom. The first-order valence-electron chi connectivity index (χ1n) is 7.02. The van der Waals surface area contributed by atoms with Crippen LogP contribution in [0.2, 0.25) is 0 Å². The van der Waals surface area contributed by atoms with Crippen LogP contribution in [-0.4, -0.2) is 39.0 Å². The van der Waals surface area contributed by atoms with E-state index in [0.29, 0.717) is 12.0 Å². The molecule has 0 aliphatic heterocycles. The normalized spacial score (nSPS) is 12.3. The molecule has 21 heavy (non-hydrogen) atoms. The van der Waals surface area contributed by atoms with Crippen molar-refractivity contribution in [2.75, 3.05) is 6.54 Å². The number of carbonyl (C=O) groups excluding carboxylic acids is 1. The maximum absolute atomic E-state index is 12.8. The van der Waals surface area contributed by atoms with E-state index in [1.54, 1.807) is 6.20 Å². The molecular formula is C16H20N2O3. The number of aryl methyl sites for hydroxylation is 1. The highest BCUT2D eigenvalue weighted by Crippen LogP contribution is 2.22. The summed E-state index contributed by atoms with van der Waals surface area (Å²) < 4.78 is 1.89. The summed E-state index contributed by atoms with van der Waals surface area (Å²) in [5, 5.41) is 9.89. The molecule has 1 unspecified atom stereocenters. The van der Waals surface area contributed by atoms with Gasteiger partial charge in [-0.3, -0.25) is 9.59 Å². The molecule has 1 amide bonds. The second-order valence-corrected chi connectivity index (χ2v) is 5.25. The minimum Gasteiger partial charge on any atom is -0.480 e. The molecule has 0 fully saturated rings. The molecule has 0 spiro atoms. The van der Waals surface area contributed by atoms with Crippen molar-refractivity contribution in [1.82, 2.24) is 9.47 Å². The molecule has 0 saturated carbocycles. The summed E-state index contributed by atoms with van der Waals surface area (Å²) in [7, 11) is 1.88. The van der Waals surface area contributed by atoms with E-state index in [1.165, 1.54) is 4.90 Å². The number of hydrogen-bond donors (Lipinski definition) is 1. The lowest BCUT2D eigenvalue weighted by atomic mass is 10.1. The van der Waals surface area contributed by atoms with Gasteiger partial charge in [-0.15, -0.1) is 0 Å². The Balaban J connectivity index is 2.45. The minimum absolute atomic E-state index is 0.118. The van der Waals surface area contributed by atoms with E-state index in [0.717, 1.165) is 10.9 Å². The first kappa shape index (κ1) is 15.1. The van der Waals surface area contributed by atoms with Crippen molar-refractivity contribution in [2.24, 2.45) is 7.05 Å². The predicted molar refractivity (Wildman–Crippen MR) is 81.3 cm³/mol. The van der Waals surface area contributed by atoms with E-state index in [2.05, 4.69) is 0 Å². The number of aromatic nitrogens is 1. The fraction of sp³-hybridized carbons (Fsp3) is 0.375. The number of rotatable bonds is 5. The van der Waals surface area contributed by atoms with Crippen molar-refractivity contribution in [3.63, 3.8) is 0 Å². The largest absolute Gasteiger partial charge is 0.480 e. The van der Waals surface area contributed by atoms with Crippen LogP contribution in [-0.2, 0) is 11.8 Å². The summed E-state index contributed by atoms with van der Waals surface area (Å²) in [5.74, 6) is -1.23.